The summed E-state index contributed by atoms with van der Waals surface area (Å²) in [6.45, 7) is 5.99. The van der Waals surface area contributed by atoms with Crippen molar-refractivity contribution in [2.24, 2.45) is 0 Å². The Kier molecular flexibility index (Phi) is 8.23. The van der Waals surface area contributed by atoms with Crippen molar-refractivity contribution in [1.82, 2.24) is 20.5 Å². The number of methoxy groups -OCH3 is 1. The largest absolute Gasteiger partial charge is 0.497 e. The van der Waals surface area contributed by atoms with E-state index in [9.17, 15) is 14.4 Å². The molecule has 10 nitrogen and oxygen atoms in total. The summed E-state index contributed by atoms with van der Waals surface area (Å²) >= 11 is 0. The molecule has 1 saturated heterocycles. The highest BCUT2D eigenvalue weighted by Crippen LogP contribution is 2.23. The molecule has 3 amide bonds. The van der Waals surface area contributed by atoms with Crippen molar-refractivity contribution in [3.63, 3.8) is 0 Å². The molecule has 4 rings (SSSR count). The van der Waals surface area contributed by atoms with Crippen LogP contribution in [0.15, 0.2) is 54.7 Å². The predicted molar refractivity (Wildman–Crippen MR) is 148 cm³/mol. The first-order valence-electron chi connectivity index (χ1n) is 12.9. The first-order chi connectivity index (χ1) is 18.5. The molecule has 206 valence electrons. The summed E-state index contributed by atoms with van der Waals surface area (Å²) in [7, 11) is 1.58. The van der Waals surface area contributed by atoms with Gasteiger partial charge in [-0.05, 0) is 68.0 Å². The second-order valence-corrected chi connectivity index (χ2v) is 10.6. The van der Waals surface area contributed by atoms with Gasteiger partial charge in [0.05, 0.1) is 7.11 Å². The lowest BCUT2D eigenvalue weighted by Gasteiger charge is -2.41. The van der Waals surface area contributed by atoms with Gasteiger partial charge in [-0.15, -0.1) is 0 Å². The maximum atomic E-state index is 13.6. The first-order valence-corrected chi connectivity index (χ1v) is 12.9. The molecule has 0 aliphatic carbocycles. The van der Waals surface area contributed by atoms with Gasteiger partial charge in [0, 0.05) is 31.1 Å². The number of alkyl carbamates (subject to hydrolysis) is 1. The molecule has 2 aromatic carbocycles. The zero-order valence-corrected chi connectivity index (χ0v) is 22.7. The summed E-state index contributed by atoms with van der Waals surface area (Å²) < 4.78 is 10.6. The third-order valence-corrected chi connectivity index (χ3v) is 6.52. The number of carbonyl (C=O) groups is 3. The van der Waals surface area contributed by atoms with Crippen LogP contribution in [0.5, 0.6) is 5.75 Å². The number of hydrogen-bond acceptors (Lipinski definition) is 7. The van der Waals surface area contributed by atoms with E-state index in [1.54, 1.807) is 46.2 Å². The van der Waals surface area contributed by atoms with Gasteiger partial charge in [0.25, 0.3) is 0 Å². The number of hydrogen-bond donors (Lipinski definition) is 3. The number of benzene rings is 2. The fourth-order valence-corrected chi connectivity index (χ4v) is 4.44. The Hall–Kier alpha value is -4.34. The van der Waals surface area contributed by atoms with Gasteiger partial charge in [0.2, 0.25) is 11.8 Å². The topological polar surface area (TPSA) is 136 Å². The molecule has 3 aromatic rings. The third-order valence-electron chi connectivity index (χ3n) is 6.52. The van der Waals surface area contributed by atoms with Crippen molar-refractivity contribution in [3.05, 3.63) is 65.9 Å². The zero-order valence-electron chi connectivity index (χ0n) is 22.7. The summed E-state index contributed by atoms with van der Waals surface area (Å²) in [4.78, 5) is 44.8. The van der Waals surface area contributed by atoms with E-state index < -0.39 is 23.8 Å². The van der Waals surface area contributed by atoms with Gasteiger partial charge < -0.3 is 30.7 Å². The maximum absolute atomic E-state index is 13.6. The highest BCUT2D eigenvalue weighted by molar-refractivity contribution is 5.93. The van der Waals surface area contributed by atoms with E-state index in [4.69, 9.17) is 15.2 Å². The molecule has 0 saturated carbocycles. The number of carbonyl (C=O) groups excluding carboxylic acids is 3. The minimum atomic E-state index is -0.900. The molecule has 39 heavy (non-hydrogen) atoms. The van der Waals surface area contributed by atoms with Crippen molar-refractivity contribution in [2.45, 2.75) is 57.8 Å². The van der Waals surface area contributed by atoms with Crippen LogP contribution < -0.4 is 21.1 Å². The van der Waals surface area contributed by atoms with Gasteiger partial charge in [-0.1, -0.05) is 24.3 Å². The van der Waals surface area contributed by atoms with E-state index in [2.05, 4.69) is 15.6 Å². The number of likely N-dealkylation sites (tertiary alicyclic amines) is 1. The van der Waals surface area contributed by atoms with Crippen molar-refractivity contribution >= 4 is 34.5 Å². The van der Waals surface area contributed by atoms with Gasteiger partial charge in [-0.25, -0.2) is 9.78 Å². The average Bonchev–Trinajstić information content (AvgIpc) is 2.86. The number of nitrogens with zero attached hydrogens (tertiary/aromatic N) is 2. The molecule has 1 fully saturated rings. The van der Waals surface area contributed by atoms with E-state index in [0.717, 1.165) is 21.9 Å². The van der Waals surface area contributed by atoms with Crippen LogP contribution in [0.2, 0.25) is 0 Å². The molecule has 2 heterocycles. The molecule has 1 aliphatic rings. The van der Waals surface area contributed by atoms with Crippen LogP contribution in [-0.2, 0) is 27.3 Å². The van der Waals surface area contributed by atoms with E-state index in [1.807, 2.05) is 36.4 Å². The lowest BCUT2D eigenvalue weighted by molar-refractivity contribution is -0.149. The quantitative estimate of drug-likeness (QED) is 0.405. The van der Waals surface area contributed by atoms with Crippen molar-refractivity contribution in [2.75, 3.05) is 19.4 Å². The average molecular weight is 534 g/mol. The minimum absolute atomic E-state index is 0.238. The number of anilines is 1. The highest BCUT2D eigenvalue weighted by atomic mass is 16.6. The molecule has 4 N–H and O–H groups in total. The molecule has 0 radical (unpaired) electrons. The van der Waals surface area contributed by atoms with Crippen molar-refractivity contribution in [1.29, 1.82) is 0 Å². The van der Waals surface area contributed by atoms with E-state index in [0.29, 0.717) is 31.1 Å². The Morgan fingerprint density at radius 1 is 1.10 bits per heavy atom. The second-order valence-electron chi connectivity index (χ2n) is 10.6. The van der Waals surface area contributed by atoms with Gasteiger partial charge in [0.1, 0.15) is 29.3 Å². The summed E-state index contributed by atoms with van der Waals surface area (Å²) in [6.07, 6.45) is 1.73. The van der Waals surface area contributed by atoms with E-state index in [1.165, 1.54) is 4.90 Å². The Bertz CT molecular complexity index is 1350. The number of fused-ring (bicyclic) bond motifs is 1. The molecule has 1 aliphatic heterocycles. The number of nitrogens with one attached hydrogen (secondary N) is 2. The Morgan fingerprint density at radius 2 is 1.82 bits per heavy atom. The van der Waals surface area contributed by atoms with Gasteiger partial charge in [-0.3, -0.25) is 9.59 Å². The molecule has 0 unspecified atom stereocenters. The van der Waals surface area contributed by atoms with E-state index >= 15 is 0 Å². The minimum Gasteiger partial charge on any atom is -0.497 e. The molecular formula is C29H35N5O5. The summed E-state index contributed by atoms with van der Waals surface area (Å²) in [6, 6.07) is 13.3. The standard InChI is InChI=1S/C29H35N5O5/c1-29(2,3)39-28(37)33-23(16-18-5-8-21(38-4)9-6-18)27(36)34-14-12-24(34)26(35)32-17-19-7-10-22-20(15-19)11-13-31-25(22)30/h5-11,13,15,23-24H,12,14,16-17H2,1-4H3,(H2,30,31)(H,32,35)(H,33,37)/t23-,24+/m1/s1. The lowest BCUT2D eigenvalue weighted by Crippen LogP contribution is -2.62. The van der Waals surface area contributed by atoms with Crippen molar-refractivity contribution in [3.8, 4) is 5.75 Å². The van der Waals surface area contributed by atoms with Crippen molar-refractivity contribution < 1.29 is 23.9 Å². The second kappa shape index (κ2) is 11.6. The van der Waals surface area contributed by atoms with Crippen LogP contribution in [0.4, 0.5) is 10.6 Å². The molecule has 0 bridgehead atoms. The summed E-state index contributed by atoms with van der Waals surface area (Å²) in [5.74, 6) is 0.560. The molecule has 2 atom stereocenters. The normalized spacial score (nSPS) is 15.7. The third kappa shape index (κ3) is 6.95. The number of nitrogen functional groups attached to an aromatic ring is 1. The van der Waals surface area contributed by atoms with Crippen LogP contribution >= 0.6 is 0 Å². The van der Waals surface area contributed by atoms with Crippen LogP contribution in [-0.4, -0.2) is 59.1 Å². The van der Waals surface area contributed by atoms with Crippen LogP contribution in [0.25, 0.3) is 10.8 Å². The molecule has 1 aromatic heterocycles. The number of aromatic nitrogens is 1. The number of ether oxygens (including phenoxy) is 2. The van der Waals surface area contributed by atoms with Crippen LogP contribution in [0, 0.1) is 0 Å². The van der Waals surface area contributed by atoms with Gasteiger partial charge in [0.15, 0.2) is 0 Å². The fourth-order valence-electron chi connectivity index (χ4n) is 4.44. The monoisotopic (exact) mass is 533 g/mol. The Labute approximate surface area is 227 Å². The highest BCUT2D eigenvalue weighted by Gasteiger charge is 2.41. The SMILES string of the molecule is COc1ccc(C[C@@H](NC(=O)OC(C)(C)C)C(=O)N2CC[C@H]2C(=O)NCc2ccc3c(N)nccc3c2)cc1. The molecular weight excluding hydrogens is 498 g/mol. The number of amides is 3. The lowest BCUT2D eigenvalue weighted by atomic mass is 9.97. The fraction of sp³-hybridized carbons (Fsp3) is 0.379. The molecule has 10 heteroatoms. The first kappa shape index (κ1) is 27.7. The summed E-state index contributed by atoms with van der Waals surface area (Å²) in [5.41, 5.74) is 6.94. The number of rotatable bonds is 8. The Morgan fingerprint density at radius 3 is 2.46 bits per heavy atom. The number of pyridine rings is 1. The molecule has 0 spiro atoms. The predicted octanol–water partition coefficient (Wildman–Crippen LogP) is 3.18. The number of nitrogens with two attached hydrogens (primary N) is 1. The Balaban J connectivity index is 1.42. The zero-order chi connectivity index (χ0) is 28.2. The maximum Gasteiger partial charge on any atom is 0.408 e. The smallest absolute Gasteiger partial charge is 0.408 e. The van der Waals surface area contributed by atoms with Gasteiger partial charge >= 0.3 is 6.09 Å². The van der Waals surface area contributed by atoms with Gasteiger partial charge in [-0.2, -0.15) is 0 Å². The van der Waals surface area contributed by atoms with Crippen LogP contribution in [0.1, 0.15) is 38.3 Å². The van der Waals surface area contributed by atoms with E-state index in [-0.39, 0.29) is 18.2 Å². The summed E-state index contributed by atoms with van der Waals surface area (Å²) in [5, 5.41) is 7.43. The van der Waals surface area contributed by atoms with Crippen LogP contribution in [0.3, 0.4) is 0 Å².